The maximum absolute atomic E-state index is 12.9. The molecule has 3 rings (SSSR count). The molecule has 0 spiro atoms. The van der Waals surface area contributed by atoms with Gasteiger partial charge in [0.25, 0.3) is 0 Å². The first-order valence-corrected chi connectivity index (χ1v) is 11.0. The van der Waals surface area contributed by atoms with E-state index in [4.69, 9.17) is 21.1 Å². The van der Waals surface area contributed by atoms with Crippen LogP contribution in [0, 0.1) is 5.92 Å². The third kappa shape index (κ3) is 5.61. The van der Waals surface area contributed by atoms with Gasteiger partial charge in [-0.1, -0.05) is 24.6 Å². The summed E-state index contributed by atoms with van der Waals surface area (Å²) in [5.41, 5.74) is 1.23. The number of benzene rings is 2. The SMILES string of the molecule is CCC(Sc1cccc(NC(=O)C2CC2)c1)C(=O)Nc1cc(Cl)c(OC)cc1OC. The summed E-state index contributed by atoms with van der Waals surface area (Å²) >= 11 is 7.64. The highest BCUT2D eigenvalue weighted by Gasteiger charge is 2.29. The van der Waals surface area contributed by atoms with Crippen molar-refractivity contribution < 1.29 is 19.1 Å². The van der Waals surface area contributed by atoms with Crippen LogP contribution in [0.1, 0.15) is 26.2 Å². The summed E-state index contributed by atoms with van der Waals surface area (Å²) in [6, 6.07) is 10.8. The summed E-state index contributed by atoms with van der Waals surface area (Å²) in [5, 5.41) is 5.90. The Hall–Kier alpha value is -2.38. The molecule has 1 aliphatic rings. The third-order valence-corrected chi connectivity index (χ3v) is 6.38. The first-order valence-electron chi connectivity index (χ1n) is 9.75. The van der Waals surface area contributed by atoms with Gasteiger partial charge in [-0.05, 0) is 43.5 Å². The van der Waals surface area contributed by atoms with Gasteiger partial charge in [0.15, 0.2) is 0 Å². The normalized spacial score (nSPS) is 14.0. The molecule has 1 aliphatic carbocycles. The number of hydrogen-bond donors (Lipinski definition) is 2. The zero-order valence-electron chi connectivity index (χ0n) is 17.2. The first kappa shape index (κ1) is 22.3. The largest absolute Gasteiger partial charge is 0.495 e. The molecule has 1 fully saturated rings. The van der Waals surface area contributed by atoms with Crippen LogP contribution in [0.2, 0.25) is 5.02 Å². The fourth-order valence-electron chi connectivity index (χ4n) is 2.89. The Balaban J connectivity index is 1.69. The molecule has 160 valence electrons. The van der Waals surface area contributed by atoms with Crippen molar-refractivity contribution in [1.82, 2.24) is 0 Å². The Labute approximate surface area is 185 Å². The number of amides is 2. The number of rotatable bonds is 9. The molecule has 0 aliphatic heterocycles. The van der Waals surface area contributed by atoms with E-state index in [9.17, 15) is 9.59 Å². The molecule has 1 atom stereocenters. The highest BCUT2D eigenvalue weighted by molar-refractivity contribution is 8.00. The average molecular weight is 449 g/mol. The highest BCUT2D eigenvalue weighted by Crippen LogP contribution is 2.37. The number of hydrogen-bond acceptors (Lipinski definition) is 5. The third-order valence-electron chi connectivity index (χ3n) is 4.72. The van der Waals surface area contributed by atoms with Gasteiger partial charge in [0.2, 0.25) is 11.8 Å². The molecular weight excluding hydrogens is 424 g/mol. The van der Waals surface area contributed by atoms with Crippen LogP contribution in [0.4, 0.5) is 11.4 Å². The van der Waals surface area contributed by atoms with E-state index in [2.05, 4.69) is 10.6 Å². The van der Waals surface area contributed by atoms with Gasteiger partial charge in [0.05, 0.1) is 30.2 Å². The number of ether oxygens (including phenoxy) is 2. The van der Waals surface area contributed by atoms with Crippen LogP contribution in [0.25, 0.3) is 0 Å². The lowest BCUT2D eigenvalue weighted by Gasteiger charge is -2.18. The average Bonchev–Trinajstić information content (AvgIpc) is 3.58. The molecule has 2 aromatic rings. The molecule has 2 aromatic carbocycles. The lowest BCUT2D eigenvalue weighted by molar-refractivity contribution is -0.117. The van der Waals surface area contributed by atoms with Crippen molar-refractivity contribution in [2.75, 3.05) is 24.9 Å². The smallest absolute Gasteiger partial charge is 0.237 e. The quantitative estimate of drug-likeness (QED) is 0.514. The van der Waals surface area contributed by atoms with Gasteiger partial charge in [-0.15, -0.1) is 11.8 Å². The molecule has 0 heterocycles. The summed E-state index contributed by atoms with van der Waals surface area (Å²) < 4.78 is 10.5. The standard InChI is InChI=1S/C22H25ClN2O4S/c1-4-20(22(27)25-17-11-16(23)18(28-2)12-19(17)29-3)30-15-7-5-6-14(10-15)24-21(26)13-8-9-13/h5-7,10-13,20H,4,8-9H2,1-3H3,(H,24,26)(H,25,27). The van der Waals surface area contributed by atoms with E-state index in [-0.39, 0.29) is 23.0 Å². The van der Waals surface area contributed by atoms with Crippen molar-refractivity contribution >= 4 is 46.6 Å². The minimum atomic E-state index is -0.329. The van der Waals surface area contributed by atoms with Gasteiger partial charge in [-0.25, -0.2) is 0 Å². The van der Waals surface area contributed by atoms with Crippen molar-refractivity contribution in [3.63, 3.8) is 0 Å². The second kappa shape index (κ2) is 10.1. The molecule has 1 unspecified atom stereocenters. The lowest BCUT2D eigenvalue weighted by Crippen LogP contribution is -2.24. The fraction of sp³-hybridized carbons (Fsp3) is 0.364. The molecule has 0 saturated heterocycles. The zero-order chi connectivity index (χ0) is 21.7. The number of nitrogens with one attached hydrogen (secondary N) is 2. The van der Waals surface area contributed by atoms with Gasteiger partial charge in [-0.3, -0.25) is 9.59 Å². The number of thioether (sulfide) groups is 1. The minimum absolute atomic E-state index is 0.0606. The van der Waals surface area contributed by atoms with Crippen LogP contribution < -0.4 is 20.1 Å². The Kier molecular flexibility index (Phi) is 7.50. The first-order chi connectivity index (χ1) is 14.4. The molecule has 0 bridgehead atoms. The van der Waals surface area contributed by atoms with Crippen LogP contribution in [0.5, 0.6) is 11.5 Å². The number of halogens is 1. The Morgan fingerprint density at radius 3 is 2.50 bits per heavy atom. The van der Waals surface area contributed by atoms with Gasteiger partial charge < -0.3 is 20.1 Å². The number of methoxy groups -OCH3 is 2. The zero-order valence-corrected chi connectivity index (χ0v) is 18.7. The van der Waals surface area contributed by atoms with Gasteiger partial charge in [-0.2, -0.15) is 0 Å². The minimum Gasteiger partial charge on any atom is -0.495 e. The predicted octanol–water partition coefficient (Wildman–Crippen LogP) is 5.22. The van der Waals surface area contributed by atoms with Crippen molar-refractivity contribution in [2.45, 2.75) is 36.3 Å². The van der Waals surface area contributed by atoms with E-state index in [1.165, 1.54) is 26.0 Å². The van der Waals surface area contributed by atoms with Crippen LogP contribution in [0.15, 0.2) is 41.3 Å². The van der Waals surface area contributed by atoms with Crippen molar-refractivity contribution in [2.24, 2.45) is 5.92 Å². The van der Waals surface area contributed by atoms with E-state index in [1.54, 1.807) is 12.1 Å². The number of carbonyl (C=O) groups is 2. The summed E-state index contributed by atoms with van der Waals surface area (Å²) in [5.74, 6) is 0.980. The second-order valence-electron chi connectivity index (χ2n) is 6.98. The van der Waals surface area contributed by atoms with Crippen LogP contribution in [-0.4, -0.2) is 31.3 Å². The van der Waals surface area contributed by atoms with E-state index in [1.807, 2.05) is 31.2 Å². The summed E-state index contributed by atoms with van der Waals surface area (Å²) in [7, 11) is 3.04. The van der Waals surface area contributed by atoms with E-state index in [0.717, 1.165) is 23.4 Å². The predicted molar refractivity (Wildman–Crippen MR) is 121 cm³/mol. The Bertz CT molecular complexity index is 933. The van der Waals surface area contributed by atoms with E-state index < -0.39 is 0 Å². The maximum atomic E-state index is 12.9. The summed E-state index contributed by atoms with van der Waals surface area (Å²) in [4.78, 5) is 25.8. The van der Waals surface area contributed by atoms with Crippen molar-refractivity contribution in [3.8, 4) is 11.5 Å². The Morgan fingerprint density at radius 2 is 1.87 bits per heavy atom. The van der Waals surface area contributed by atoms with E-state index in [0.29, 0.717) is 28.6 Å². The molecule has 6 nitrogen and oxygen atoms in total. The monoisotopic (exact) mass is 448 g/mol. The van der Waals surface area contributed by atoms with Crippen LogP contribution >= 0.6 is 23.4 Å². The van der Waals surface area contributed by atoms with Gasteiger partial charge >= 0.3 is 0 Å². The second-order valence-corrected chi connectivity index (χ2v) is 8.67. The Morgan fingerprint density at radius 1 is 1.13 bits per heavy atom. The lowest BCUT2D eigenvalue weighted by atomic mass is 10.2. The van der Waals surface area contributed by atoms with Crippen LogP contribution in [-0.2, 0) is 9.59 Å². The van der Waals surface area contributed by atoms with Gasteiger partial charge in [0, 0.05) is 22.6 Å². The molecule has 30 heavy (non-hydrogen) atoms. The molecule has 0 radical (unpaired) electrons. The van der Waals surface area contributed by atoms with Crippen molar-refractivity contribution in [1.29, 1.82) is 0 Å². The fourth-order valence-corrected chi connectivity index (χ4v) is 4.15. The molecular formula is C22H25ClN2O4S. The molecule has 8 heteroatoms. The topological polar surface area (TPSA) is 76.7 Å². The van der Waals surface area contributed by atoms with Crippen molar-refractivity contribution in [3.05, 3.63) is 41.4 Å². The molecule has 2 amide bonds. The maximum Gasteiger partial charge on any atom is 0.237 e. The van der Waals surface area contributed by atoms with E-state index >= 15 is 0 Å². The summed E-state index contributed by atoms with van der Waals surface area (Å²) in [6.07, 6.45) is 2.54. The number of carbonyl (C=O) groups excluding carboxylic acids is 2. The molecule has 1 saturated carbocycles. The number of anilines is 2. The summed E-state index contributed by atoms with van der Waals surface area (Å²) in [6.45, 7) is 1.95. The van der Waals surface area contributed by atoms with Gasteiger partial charge in [0.1, 0.15) is 11.5 Å². The molecule has 2 N–H and O–H groups in total. The molecule has 0 aromatic heterocycles. The van der Waals surface area contributed by atoms with Crippen LogP contribution in [0.3, 0.4) is 0 Å². The highest BCUT2D eigenvalue weighted by atomic mass is 35.5.